The van der Waals surface area contributed by atoms with Crippen molar-refractivity contribution in [3.63, 3.8) is 0 Å². The number of nitrogens with zero attached hydrogens (tertiary/aromatic N) is 4. The van der Waals surface area contributed by atoms with Crippen molar-refractivity contribution in [3.05, 3.63) is 22.7 Å². The molecule has 17 heavy (non-hydrogen) atoms. The smallest absolute Gasteiger partial charge is 0.183 e. The molecule has 0 amide bonds. The van der Waals surface area contributed by atoms with Crippen LogP contribution >= 0.6 is 15.9 Å². The van der Waals surface area contributed by atoms with Crippen LogP contribution in [0, 0.1) is 5.92 Å². The van der Waals surface area contributed by atoms with E-state index in [1.165, 1.54) is 0 Å². The van der Waals surface area contributed by atoms with E-state index in [1.807, 2.05) is 18.2 Å². The van der Waals surface area contributed by atoms with E-state index in [-0.39, 0.29) is 0 Å². The summed E-state index contributed by atoms with van der Waals surface area (Å²) in [6.45, 7) is 5.03. The highest BCUT2D eigenvalue weighted by atomic mass is 79.9. The first-order chi connectivity index (χ1) is 8.09. The number of hydrogen-bond acceptors (Lipinski definition) is 4. The minimum absolute atomic E-state index is 0.483. The Morgan fingerprint density at radius 2 is 2.18 bits per heavy atom. The molecule has 0 fully saturated rings. The Balaban J connectivity index is 2.46. The number of hydrogen-bond donors (Lipinski definition) is 1. The summed E-state index contributed by atoms with van der Waals surface area (Å²) in [6.07, 6.45) is 0. The summed E-state index contributed by atoms with van der Waals surface area (Å²) in [6, 6.07) is 5.68. The van der Waals surface area contributed by atoms with Gasteiger partial charge in [-0.25, -0.2) is 4.68 Å². The summed E-state index contributed by atoms with van der Waals surface area (Å²) >= 11 is 3.47. The normalized spacial score (nSPS) is 11.1. The van der Waals surface area contributed by atoms with Crippen molar-refractivity contribution < 1.29 is 0 Å². The maximum Gasteiger partial charge on any atom is 0.183 e. The molecule has 0 saturated heterocycles. The second-order valence-corrected chi connectivity index (χ2v) is 5.08. The molecule has 2 N–H and O–H groups in total. The van der Waals surface area contributed by atoms with Gasteiger partial charge in [0.05, 0.1) is 4.47 Å². The zero-order chi connectivity index (χ0) is 12.4. The van der Waals surface area contributed by atoms with Gasteiger partial charge < -0.3 is 5.73 Å². The summed E-state index contributed by atoms with van der Waals surface area (Å²) in [5, 5.41) is 11.8. The van der Waals surface area contributed by atoms with Crippen molar-refractivity contribution in [1.29, 1.82) is 0 Å². The van der Waals surface area contributed by atoms with E-state index in [9.17, 15) is 0 Å². The molecule has 0 spiro atoms. The van der Waals surface area contributed by atoms with E-state index in [4.69, 9.17) is 5.73 Å². The molecule has 2 aromatic rings. The first kappa shape index (κ1) is 12.0. The fourth-order valence-corrected chi connectivity index (χ4v) is 2.03. The third kappa shape index (κ3) is 2.46. The Morgan fingerprint density at radius 3 is 2.88 bits per heavy atom. The molecule has 2 rings (SSSR count). The number of nitrogen functional groups attached to an aromatic ring is 1. The van der Waals surface area contributed by atoms with Crippen LogP contribution in [-0.4, -0.2) is 20.2 Å². The molecular weight excluding hydrogens is 282 g/mol. The first-order valence-electron chi connectivity index (χ1n) is 5.40. The van der Waals surface area contributed by atoms with E-state index in [1.54, 1.807) is 4.68 Å². The predicted molar refractivity (Wildman–Crippen MR) is 70.2 cm³/mol. The number of anilines is 1. The van der Waals surface area contributed by atoms with Crippen molar-refractivity contribution in [3.8, 4) is 11.4 Å². The summed E-state index contributed by atoms with van der Waals surface area (Å²) in [4.78, 5) is 0. The quantitative estimate of drug-likeness (QED) is 0.883. The molecule has 1 aromatic carbocycles. The molecule has 0 atom stereocenters. The molecule has 0 saturated carbocycles. The number of rotatable bonds is 3. The highest BCUT2D eigenvalue weighted by Gasteiger charge is 2.14. The maximum atomic E-state index is 5.85. The monoisotopic (exact) mass is 295 g/mol. The van der Waals surface area contributed by atoms with E-state index in [0.717, 1.165) is 22.4 Å². The van der Waals surface area contributed by atoms with Crippen LogP contribution in [-0.2, 0) is 6.54 Å². The Morgan fingerprint density at radius 1 is 1.41 bits per heavy atom. The predicted octanol–water partition coefficient (Wildman–Crippen LogP) is 2.34. The lowest BCUT2D eigenvalue weighted by Crippen LogP contribution is -2.08. The Hall–Kier alpha value is -1.43. The second-order valence-electron chi connectivity index (χ2n) is 4.29. The van der Waals surface area contributed by atoms with Crippen LogP contribution in [0.15, 0.2) is 22.7 Å². The highest BCUT2D eigenvalue weighted by molar-refractivity contribution is 9.10. The topological polar surface area (TPSA) is 69.6 Å². The van der Waals surface area contributed by atoms with Gasteiger partial charge in [0.15, 0.2) is 5.82 Å². The lowest BCUT2D eigenvalue weighted by molar-refractivity contribution is 0.475. The molecule has 0 radical (unpaired) electrons. The van der Waals surface area contributed by atoms with Gasteiger partial charge >= 0.3 is 0 Å². The first-order valence-corrected chi connectivity index (χ1v) is 6.19. The average Bonchev–Trinajstić information content (AvgIpc) is 2.69. The van der Waals surface area contributed by atoms with Gasteiger partial charge in [-0.3, -0.25) is 0 Å². The van der Waals surface area contributed by atoms with Crippen LogP contribution in [0.25, 0.3) is 11.4 Å². The van der Waals surface area contributed by atoms with Crippen molar-refractivity contribution in [2.45, 2.75) is 20.4 Å². The van der Waals surface area contributed by atoms with Gasteiger partial charge in [0.25, 0.3) is 0 Å². The molecule has 6 heteroatoms. The average molecular weight is 296 g/mol. The standard InChI is InChI=1S/C11H14BrN5/c1-7(2)6-17-11(14-15-16-17)8-4-3-5-9(13)10(8)12/h3-5,7H,6,13H2,1-2H3. The molecule has 1 aromatic heterocycles. The van der Waals surface area contributed by atoms with E-state index >= 15 is 0 Å². The number of aromatic nitrogens is 4. The van der Waals surface area contributed by atoms with Crippen LogP contribution < -0.4 is 5.73 Å². The minimum Gasteiger partial charge on any atom is -0.398 e. The molecule has 0 aliphatic carbocycles. The number of tetrazole rings is 1. The SMILES string of the molecule is CC(C)Cn1nnnc1-c1cccc(N)c1Br. The van der Waals surface area contributed by atoms with Gasteiger partial charge in [0.2, 0.25) is 0 Å². The summed E-state index contributed by atoms with van der Waals surface area (Å²) in [5.74, 6) is 1.22. The molecule has 5 nitrogen and oxygen atoms in total. The van der Waals surface area contributed by atoms with E-state index in [2.05, 4.69) is 45.3 Å². The van der Waals surface area contributed by atoms with E-state index in [0.29, 0.717) is 11.6 Å². The molecular formula is C11H14BrN5. The second kappa shape index (κ2) is 4.83. The third-order valence-electron chi connectivity index (χ3n) is 2.34. The van der Waals surface area contributed by atoms with Crippen molar-refractivity contribution in [2.24, 2.45) is 5.92 Å². The zero-order valence-corrected chi connectivity index (χ0v) is 11.3. The van der Waals surface area contributed by atoms with Crippen molar-refractivity contribution >= 4 is 21.6 Å². The summed E-state index contributed by atoms with van der Waals surface area (Å²) in [7, 11) is 0. The number of halogens is 1. The van der Waals surface area contributed by atoms with Crippen molar-refractivity contribution in [1.82, 2.24) is 20.2 Å². The minimum atomic E-state index is 0.483. The van der Waals surface area contributed by atoms with Gasteiger partial charge in [0, 0.05) is 17.8 Å². The van der Waals surface area contributed by atoms with Gasteiger partial charge in [-0.1, -0.05) is 19.9 Å². The lowest BCUT2D eigenvalue weighted by atomic mass is 10.2. The van der Waals surface area contributed by atoms with Crippen LogP contribution in [0.4, 0.5) is 5.69 Å². The zero-order valence-electron chi connectivity index (χ0n) is 9.76. The molecule has 0 aliphatic heterocycles. The largest absolute Gasteiger partial charge is 0.398 e. The Labute approximate surface area is 108 Å². The van der Waals surface area contributed by atoms with Crippen molar-refractivity contribution in [2.75, 3.05) is 5.73 Å². The molecule has 1 heterocycles. The highest BCUT2D eigenvalue weighted by Crippen LogP contribution is 2.30. The number of nitrogens with two attached hydrogens (primary N) is 1. The summed E-state index contributed by atoms with van der Waals surface area (Å²) in [5.41, 5.74) is 7.45. The maximum absolute atomic E-state index is 5.85. The third-order valence-corrected chi connectivity index (χ3v) is 3.22. The van der Waals surface area contributed by atoms with Crippen LogP contribution in [0.5, 0.6) is 0 Å². The molecule has 0 unspecified atom stereocenters. The molecule has 90 valence electrons. The molecule has 0 aliphatic rings. The Bertz CT molecular complexity index is 520. The van der Waals surface area contributed by atoms with Gasteiger partial charge in [0.1, 0.15) is 0 Å². The van der Waals surface area contributed by atoms with Crippen LogP contribution in [0.1, 0.15) is 13.8 Å². The lowest BCUT2D eigenvalue weighted by Gasteiger charge is -2.09. The molecule has 0 bridgehead atoms. The van der Waals surface area contributed by atoms with Gasteiger partial charge in [-0.15, -0.1) is 5.10 Å². The van der Waals surface area contributed by atoms with Crippen LogP contribution in [0.3, 0.4) is 0 Å². The van der Waals surface area contributed by atoms with Crippen LogP contribution in [0.2, 0.25) is 0 Å². The van der Waals surface area contributed by atoms with Gasteiger partial charge in [-0.2, -0.15) is 0 Å². The fourth-order valence-electron chi connectivity index (χ4n) is 1.59. The van der Waals surface area contributed by atoms with Gasteiger partial charge in [-0.05, 0) is 44.4 Å². The fraction of sp³-hybridized carbons (Fsp3) is 0.364. The summed E-state index contributed by atoms with van der Waals surface area (Å²) < 4.78 is 2.63. The number of benzene rings is 1. The Kier molecular flexibility index (Phi) is 3.42. The van der Waals surface area contributed by atoms with E-state index < -0.39 is 0 Å².